The van der Waals surface area contributed by atoms with Crippen LogP contribution in [0.2, 0.25) is 0 Å². The lowest BCUT2D eigenvalue weighted by Gasteiger charge is -2.29. The molecule has 0 unspecified atom stereocenters. The number of hydrogen-bond acceptors (Lipinski definition) is 6. The highest BCUT2D eigenvalue weighted by atomic mass is 16.2. The second kappa shape index (κ2) is 8.57. The van der Waals surface area contributed by atoms with Gasteiger partial charge in [0.25, 0.3) is 17.4 Å². The summed E-state index contributed by atoms with van der Waals surface area (Å²) < 4.78 is 0. The maximum Gasteiger partial charge on any atom is 0.256 e. The van der Waals surface area contributed by atoms with E-state index in [1.165, 1.54) is 0 Å². The van der Waals surface area contributed by atoms with Crippen molar-refractivity contribution in [3.63, 3.8) is 0 Å². The Kier molecular flexibility index (Phi) is 5.45. The highest BCUT2D eigenvalue weighted by Gasteiger charge is 2.34. The van der Waals surface area contributed by atoms with Crippen molar-refractivity contribution in [3.8, 4) is 0 Å². The lowest BCUT2D eigenvalue weighted by molar-refractivity contribution is 0.0716. The molecule has 168 valence electrons. The second-order valence-electron chi connectivity index (χ2n) is 8.44. The molecule has 0 aliphatic carbocycles. The van der Waals surface area contributed by atoms with Gasteiger partial charge in [0, 0.05) is 55.4 Å². The van der Waals surface area contributed by atoms with Crippen LogP contribution in [-0.2, 0) is 13.0 Å². The van der Waals surface area contributed by atoms with E-state index in [1.54, 1.807) is 52.8 Å². The quantitative estimate of drug-likeness (QED) is 0.662. The zero-order chi connectivity index (χ0) is 22.9. The number of aromatic nitrogens is 4. The van der Waals surface area contributed by atoms with E-state index in [4.69, 9.17) is 4.98 Å². The summed E-state index contributed by atoms with van der Waals surface area (Å²) in [6.45, 7) is 3.15. The Morgan fingerprint density at radius 1 is 1.06 bits per heavy atom. The predicted molar refractivity (Wildman–Crippen MR) is 120 cm³/mol. The summed E-state index contributed by atoms with van der Waals surface area (Å²) in [7, 11) is 0. The Hall–Kier alpha value is -3.88. The number of carbonyl (C=O) groups excluding carboxylic acids is 2. The molecule has 0 aromatic carbocycles. The van der Waals surface area contributed by atoms with Gasteiger partial charge in [0.1, 0.15) is 5.82 Å². The fourth-order valence-corrected chi connectivity index (χ4v) is 4.61. The highest BCUT2D eigenvalue weighted by Crippen LogP contribution is 2.31. The molecule has 1 fully saturated rings. The SMILES string of the molecule is Cc1cnccc1C(=O)N1CCc2nc([C@H]3CCCN3C(=O)c3ccncc3)[nH]c(=O)c2C1. The van der Waals surface area contributed by atoms with Crippen LogP contribution in [0.25, 0.3) is 0 Å². The fourth-order valence-electron chi connectivity index (χ4n) is 4.61. The van der Waals surface area contributed by atoms with Gasteiger partial charge in [0.05, 0.1) is 23.8 Å². The molecule has 0 saturated carbocycles. The Bertz CT molecular complexity index is 1270. The van der Waals surface area contributed by atoms with Crippen LogP contribution >= 0.6 is 0 Å². The van der Waals surface area contributed by atoms with Gasteiger partial charge in [-0.25, -0.2) is 4.98 Å². The first-order chi connectivity index (χ1) is 16.0. The van der Waals surface area contributed by atoms with Crippen LogP contribution in [-0.4, -0.2) is 54.6 Å². The highest BCUT2D eigenvalue weighted by molar-refractivity contribution is 5.95. The van der Waals surface area contributed by atoms with E-state index in [0.717, 1.165) is 18.4 Å². The molecule has 33 heavy (non-hydrogen) atoms. The number of likely N-dealkylation sites (tertiary alicyclic amines) is 1. The van der Waals surface area contributed by atoms with Crippen molar-refractivity contribution in [2.24, 2.45) is 0 Å². The van der Waals surface area contributed by atoms with Crippen molar-refractivity contribution < 1.29 is 9.59 Å². The zero-order valence-corrected chi connectivity index (χ0v) is 18.3. The monoisotopic (exact) mass is 444 g/mol. The molecular formula is C24H24N6O3. The summed E-state index contributed by atoms with van der Waals surface area (Å²) in [6.07, 6.45) is 8.52. The summed E-state index contributed by atoms with van der Waals surface area (Å²) >= 11 is 0. The number of hydrogen-bond donors (Lipinski definition) is 1. The van der Waals surface area contributed by atoms with Crippen LogP contribution < -0.4 is 5.56 Å². The van der Waals surface area contributed by atoms with E-state index in [2.05, 4.69) is 15.0 Å². The topological polar surface area (TPSA) is 112 Å². The van der Waals surface area contributed by atoms with Crippen LogP contribution in [0.5, 0.6) is 0 Å². The van der Waals surface area contributed by atoms with E-state index in [-0.39, 0.29) is 30.0 Å². The van der Waals surface area contributed by atoms with Gasteiger partial charge in [-0.3, -0.25) is 24.4 Å². The molecule has 0 spiro atoms. The molecule has 5 rings (SSSR count). The van der Waals surface area contributed by atoms with Gasteiger partial charge in [-0.2, -0.15) is 0 Å². The van der Waals surface area contributed by atoms with E-state index >= 15 is 0 Å². The first-order valence-electron chi connectivity index (χ1n) is 11.1. The van der Waals surface area contributed by atoms with Crippen LogP contribution in [0.3, 0.4) is 0 Å². The lowest BCUT2D eigenvalue weighted by atomic mass is 10.0. The number of aromatic amines is 1. The van der Waals surface area contributed by atoms with E-state index < -0.39 is 0 Å². The van der Waals surface area contributed by atoms with Crippen LogP contribution in [0.1, 0.15) is 62.2 Å². The summed E-state index contributed by atoms with van der Waals surface area (Å²) in [5, 5.41) is 0. The van der Waals surface area contributed by atoms with Gasteiger partial charge in [-0.1, -0.05) is 0 Å². The van der Waals surface area contributed by atoms with Crippen molar-refractivity contribution in [2.45, 2.75) is 38.8 Å². The third-order valence-electron chi connectivity index (χ3n) is 6.38. The van der Waals surface area contributed by atoms with E-state index in [9.17, 15) is 14.4 Å². The maximum absolute atomic E-state index is 13.0. The molecule has 0 radical (unpaired) electrons. The van der Waals surface area contributed by atoms with Crippen molar-refractivity contribution in [1.29, 1.82) is 0 Å². The largest absolute Gasteiger partial charge is 0.334 e. The number of aryl methyl sites for hydroxylation is 1. The van der Waals surface area contributed by atoms with Crippen molar-refractivity contribution in [2.75, 3.05) is 13.1 Å². The molecule has 3 aromatic rings. The molecule has 9 heteroatoms. The average molecular weight is 444 g/mol. The van der Waals surface area contributed by atoms with Gasteiger partial charge in [0.2, 0.25) is 0 Å². The minimum Gasteiger partial charge on any atom is -0.334 e. The third kappa shape index (κ3) is 3.90. The molecule has 3 aromatic heterocycles. The van der Waals surface area contributed by atoms with Gasteiger partial charge < -0.3 is 14.8 Å². The van der Waals surface area contributed by atoms with Gasteiger partial charge in [-0.05, 0) is 43.5 Å². The Labute approximate surface area is 190 Å². The van der Waals surface area contributed by atoms with Gasteiger partial charge in [0.15, 0.2) is 0 Å². The second-order valence-corrected chi connectivity index (χ2v) is 8.44. The fraction of sp³-hybridized carbons (Fsp3) is 0.333. The maximum atomic E-state index is 13.0. The molecule has 0 bridgehead atoms. The molecule has 1 N–H and O–H groups in total. The zero-order valence-electron chi connectivity index (χ0n) is 18.3. The number of rotatable bonds is 3. The van der Waals surface area contributed by atoms with Crippen molar-refractivity contribution in [1.82, 2.24) is 29.7 Å². The average Bonchev–Trinajstić information content (AvgIpc) is 3.34. The first kappa shape index (κ1) is 21.0. The molecule has 5 heterocycles. The molecule has 2 amide bonds. The lowest BCUT2D eigenvalue weighted by Crippen LogP contribution is -2.41. The predicted octanol–water partition coefficient (Wildman–Crippen LogP) is 2.04. The number of amides is 2. The summed E-state index contributed by atoms with van der Waals surface area (Å²) in [6, 6.07) is 4.81. The Morgan fingerprint density at radius 3 is 2.64 bits per heavy atom. The number of carbonyl (C=O) groups is 2. The Balaban J connectivity index is 1.39. The van der Waals surface area contributed by atoms with Crippen molar-refractivity contribution >= 4 is 11.8 Å². The summed E-state index contributed by atoms with van der Waals surface area (Å²) in [5.74, 6) is 0.308. The number of H-pyrrole nitrogens is 1. The number of nitrogens with zero attached hydrogens (tertiary/aromatic N) is 5. The van der Waals surface area contributed by atoms with Crippen LogP contribution in [0.4, 0.5) is 0 Å². The summed E-state index contributed by atoms with van der Waals surface area (Å²) in [5.41, 5.74) is 2.92. The molecular weight excluding hydrogens is 420 g/mol. The third-order valence-corrected chi connectivity index (χ3v) is 6.38. The molecule has 1 atom stereocenters. The van der Waals surface area contributed by atoms with Gasteiger partial charge in [-0.15, -0.1) is 0 Å². The normalized spacial score (nSPS) is 17.7. The van der Waals surface area contributed by atoms with Crippen molar-refractivity contribution in [3.05, 3.63) is 87.1 Å². The summed E-state index contributed by atoms with van der Waals surface area (Å²) in [4.78, 5) is 58.1. The first-order valence-corrected chi connectivity index (χ1v) is 11.1. The minimum atomic E-state index is -0.275. The number of nitrogens with one attached hydrogen (secondary N) is 1. The molecule has 9 nitrogen and oxygen atoms in total. The van der Waals surface area contributed by atoms with Crippen LogP contribution in [0.15, 0.2) is 47.8 Å². The van der Waals surface area contributed by atoms with Crippen LogP contribution in [0, 0.1) is 6.92 Å². The number of fused-ring (bicyclic) bond motifs is 1. The van der Waals surface area contributed by atoms with E-state index in [1.807, 2.05) is 6.92 Å². The van der Waals surface area contributed by atoms with E-state index in [0.29, 0.717) is 47.7 Å². The standard InChI is InChI=1S/C24H24N6O3/c1-15-13-26-10-6-17(15)24(33)29-12-7-19-18(14-29)22(31)28-21(27-19)20-3-2-11-30(20)23(32)16-4-8-25-9-5-16/h4-6,8-10,13,20H,2-3,7,11-12,14H2,1H3,(H,27,28,31)/t20-/m1/s1. The minimum absolute atomic E-state index is 0.0928. The molecule has 2 aliphatic heterocycles. The Morgan fingerprint density at radius 2 is 1.85 bits per heavy atom. The smallest absolute Gasteiger partial charge is 0.256 e. The van der Waals surface area contributed by atoms with Gasteiger partial charge >= 0.3 is 0 Å². The molecule has 1 saturated heterocycles. The number of pyridine rings is 2. The molecule has 2 aliphatic rings.